The summed E-state index contributed by atoms with van der Waals surface area (Å²) in [5.41, 5.74) is 1.39. The van der Waals surface area contributed by atoms with E-state index in [0.717, 1.165) is 5.56 Å². The van der Waals surface area contributed by atoms with Crippen LogP contribution in [0.5, 0.6) is 0 Å². The van der Waals surface area contributed by atoms with Crippen molar-refractivity contribution in [2.75, 3.05) is 59.4 Å². The van der Waals surface area contributed by atoms with Gasteiger partial charge in [0, 0.05) is 51.4 Å². The van der Waals surface area contributed by atoms with E-state index >= 15 is 0 Å². The predicted molar refractivity (Wildman–Crippen MR) is 115 cm³/mol. The Labute approximate surface area is 186 Å². The van der Waals surface area contributed by atoms with Crippen LogP contribution in [0.1, 0.15) is 15.9 Å². The lowest BCUT2D eigenvalue weighted by Crippen LogP contribution is -2.49. The number of carboxylic acids is 3. The Morgan fingerprint density at radius 1 is 0.844 bits per heavy atom. The largest absolute Gasteiger partial charge is 0.480 e. The van der Waals surface area contributed by atoms with Crippen molar-refractivity contribution in [2.45, 2.75) is 12.5 Å². The molecule has 1 atom stereocenters. The van der Waals surface area contributed by atoms with E-state index < -0.39 is 17.9 Å². The van der Waals surface area contributed by atoms with Crippen LogP contribution < -0.4 is 5.32 Å². The molecule has 1 aromatic rings. The number of carboxylic acid groups (broad SMARTS) is 3. The zero-order valence-corrected chi connectivity index (χ0v) is 18.1. The van der Waals surface area contributed by atoms with E-state index in [1.807, 2.05) is 0 Å². The van der Waals surface area contributed by atoms with Crippen LogP contribution in [0.3, 0.4) is 0 Å². The van der Waals surface area contributed by atoms with E-state index in [-0.39, 0.29) is 31.6 Å². The Bertz CT molecular complexity index is 815. The van der Waals surface area contributed by atoms with E-state index in [9.17, 15) is 29.4 Å². The van der Waals surface area contributed by atoms with E-state index in [4.69, 9.17) is 5.11 Å². The van der Waals surface area contributed by atoms with Crippen molar-refractivity contribution < 1.29 is 34.5 Å². The predicted octanol–water partition coefficient (Wildman–Crippen LogP) is -0.869. The van der Waals surface area contributed by atoms with Crippen LogP contribution in [-0.4, -0.2) is 119 Å². The minimum Gasteiger partial charge on any atom is -0.480 e. The monoisotopic (exact) mass is 450 g/mol. The number of hydrogen-bond acceptors (Lipinski definition) is 7. The van der Waals surface area contributed by atoms with Gasteiger partial charge < -0.3 is 20.6 Å². The average molecular weight is 450 g/mol. The first-order valence-electron chi connectivity index (χ1n) is 10.3. The second-order valence-corrected chi connectivity index (χ2v) is 7.80. The minimum atomic E-state index is -1.02. The molecule has 0 saturated carbocycles. The third-order valence-electron chi connectivity index (χ3n) is 5.39. The molecule has 4 N–H and O–H groups in total. The van der Waals surface area contributed by atoms with Crippen molar-refractivity contribution in [3.05, 3.63) is 35.4 Å². The van der Waals surface area contributed by atoms with Gasteiger partial charge in [-0.15, -0.1) is 0 Å². The van der Waals surface area contributed by atoms with Crippen LogP contribution in [0.15, 0.2) is 24.3 Å². The molecule has 1 unspecified atom stereocenters. The average Bonchev–Trinajstić information content (AvgIpc) is 2.78. The van der Waals surface area contributed by atoms with Gasteiger partial charge in [-0.25, -0.2) is 0 Å². The molecule has 11 heteroatoms. The van der Waals surface area contributed by atoms with Crippen LogP contribution >= 0.6 is 0 Å². The first-order chi connectivity index (χ1) is 15.2. The van der Waals surface area contributed by atoms with Gasteiger partial charge in [0.2, 0.25) is 0 Å². The highest BCUT2D eigenvalue weighted by Gasteiger charge is 2.27. The van der Waals surface area contributed by atoms with Gasteiger partial charge in [0.1, 0.15) is 0 Å². The SMILES string of the molecule is CNC(=O)c1ccc(CC2CN(CC(=O)O)CCN(CC(=O)O)CCN2CC(=O)O)cc1. The maximum absolute atomic E-state index is 11.8. The van der Waals surface area contributed by atoms with Crippen LogP contribution in [0, 0.1) is 0 Å². The zero-order valence-electron chi connectivity index (χ0n) is 18.1. The first-order valence-corrected chi connectivity index (χ1v) is 10.3. The Hall–Kier alpha value is -3.02. The Morgan fingerprint density at radius 3 is 1.94 bits per heavy atom. The molecule has 1 saturated heterocycles. The normalized spacial score (nSPS) is 18.8. The summed E-state index contributed by atoms with van der Waals surface area (Å²) in [6.45, 7) is 1.05. The third kappa shape index (κ3) is 8.25. The van der Waals surface area contributed by atoms with E-state index in [1.54, 1.807) is 46.0 Å². The summed E-state index contributed by atoms with van der Waals surface area (Å²) in [5, 5.41) is 30.5. The standard InChI is InChI=1S/C21H30N4O7/c1-22-21(32)16-4-2-15(3-5-16)10-17-11-24(13-19(28)29)7-6-23(12-18(26)27)8-9-25(17)14-20(30)31/h2-5,17H,6-14H2,1H3,(H,22,32)(H,26,27)(H,28,29)(H,30,31). The molecule has 0 spiro atoms. The molecular formula is C21H30N4O7. The molecule has 0 radical (unpaired) electrons. The summed E-state index contributed by atoms with van der Waals surface area (Å²) in [7, 11) is 1.54. The number of rotatable bonds is 9. The van der Waals surface area contributed by atoms with Crippen LogP contribution in [-0.2, 0) is 20.8 Å². The summed E-state index contributed by atoms with van der Waals surface area (Å²) < 4.78 is 0. The van der Waals surface area contributed by atoms with Gasteiger partial charge in [0.05, 0.1) is 19.6 Å². The van der Waals surface area contributed by atoms with Crippen LogP contribution in [0.25, 0.3) is 0 Å². The van der Waals surface area contributed by atoms with E-state index in [1.165, 1.54) is 0 Å². The number of carbonyl (C=O) groups excluding carboxylic acids is 1. The summed E-state index contributed by atoms with van der Waals surface area (Å²) >= 11 is 0. The number of hydrogen-bond donors (Lipinski definition) is 4. The molecule has 1 heterocycles. The van der Waals surface area contributed by atoms with Crippen molar-refractivity contribution in [1.29, 1.82) is 0 Å². The van der Waals surface area contributed by atoms with Gasteiger partial charge in [-0.2, -0.15) is 0 Å². The second-order valence-electron chi connectivity index (χ2n) is 7.80. The van der Waals surface area contributed by atoms with E-state index in [0.29, 0.717) is 44.7 Å². The lowest BCUT2D eigenvalue weighted by Gasteiger charge is -2.33. The molecule has 1 aromatic carbocycles. The molecule has 0 aliphatic carbocycles. The van der Waals surface area contributed by atoms with Gasteiger partial charge >= 0.3 is 17.9 Å². The summed E-state index contributed by atoms with van der Waals surface area (Å²) in [6, 6.07) is 6.67. The fourth-order valence-electron chi connectivity index (χ4n) is 3.82. The summed E-state index contributed by atoms with van der Waals surface area (Å²) in [4.78, 5) is 51.0. The smallest absolute Gasteiger partial charge is 0.317 e. The molecule has 2 rings (SSSR count). The fourth-order valence-corrected chi connectivity index (χ4v) is 3.82. The molecule has 32 heavy (non-hydrogen) atoms. The van der Waals surface area contributed by atoms with Gasteiger partial charge in [0.25, 0.3) is 5.91 Å². The maximum atomic E-state index is 11.8. The van der Waals surface area contributed by atoms with Gasteiger partial charge in [-0.1, -0.05) is 12.1 Å². The molecule has 11 nitrogen and oxygen atoms in total. The van der Waals surface area contributed by atoms with Crippen molar-refractivity contribution >= 4 is 23.8 Å². The molecule has 176 valence electrons. The molecular weight excluding hydrogens is 420 g/mol. The minimum absolute atomic E-state index is 0.201. The topological polar surface area (TPSA) is 151 Å². The number of nitrogens with one attached hydrogen (secondary N) is 1. The fraction of sp³-hybridized carbons (Fsp3) is 0.524. The number of benzene rings is 1. The van der Waals surface area contributed by atoms with Crippen LogP contribution in [0.2, 0.25) is 0 Å². The number of nitrogens with zero attached hydrogens (tertiary/aromatic N) is 3. The zero-order chi connectivity index (χ0) is 23.7. The van der Waals surface area contributed by atoms with Crippen LogP contribution in [0.4, 0.5) is 0 Å². The molecule has 1 fully saturated rings. The van der Waals surface area contributed by atoms with Crippen molar-refractivity contribution in [2.24, 2.45) is 0 Å². The number of aliphatic carboxylic acids is 3. The third-order valence-corrected chi connectivity index (χ3v) is 5.39. The Kier molecular flexibility index (Phi) is 9.57. The van der Waals surface area contributed by atoms with Crippen molar-refractivity contribution in [3.63, 3.8) is 0 Å². The van der Waals surface area contributed by atoms with Gasteiger partial charge in [0.15, 0.2) is 0 Å². The molecule has 0 aromatic heterocycles. The highest BCUT2D eigenvalue weighted by molar-refractivity contribution is 5.93. The molecule has 1 amide bonds. The first kappa shape index (κ1) is 25.2. The lowest BCUT2D eigenvalue weighted by molar-refractivity contribution is -0.140. The maximum Gasteiger partial charge on any atom is 0.317 e. The highest BCUT2D eigenvalue weighted by Crippen LogP contribution is 2.14. The van der Waals surface area contributed by atoms with Gasteiger partial charge in [-0.05, 0) is 24.1 Å². The molecule has 0 bridgehead atoms. The number of carbonyl (C=O) groups is 4. The summed E-state index contributed by atoms with van der Waals surface area (Å²) in [6.07, 6.45) is 0.455. The molecule has 1 aliphatic rings. The Morgan fingerprint density at radius 2 is 1.38 bits per heavy atom. The number of amides is 1. The molecule has 1 aliphatic heterocycles. The quantitative estimate of drug-likeness (QED) is 0.374. The van der Waals surface area contributed by atoms with Gasteiger partial charge in [-0.3, -0.25) is 33.9 Å². The lowest BCUT2D eigenvalue weighted by atomic mass is 10.0. The van der Waals surface area contributed by atoms with Crippen molar-refractivity contribution in [1.82, 2.24) is 20.0 Å². The summed E-state index contributed by atoms with van der Waals surface area (Å²) in [5.74, 6) is -3.23. The Balaban J connectivity index is 2.28. The second kappa shape index (κ2) is 12.1. The highest BCUT2D eigenvalue weighted by atomic mass is 16.4. The van der Waals surface area contributed by atoms with Crippen molar-refractivity contribution in [3.8, 4) is 0 Å². The van der Waals surface area contributed by atoms with E-state index in [2.05, 4.69) is 5.32 Å².